The molecule has 0 aromatic rings. The molecular weight excluding hydrogens is 262 g/mol. The summed E-state index contributed by atoms with van der Waals surface area (Å²) in [6, 6.07) is 0. The van der Waals surface area contributed by atoms with E-state index in [0.717, 1.165) is 0 Å². The lowest BCUT2D eigenvalue weighted by Crippen LogP contribution is -2.53. The molecule has 0 bridgehead atoms. The molecule has 1 atom stereocenters. The Labute approximate surface area is 106 Å². The summed E-state index contributed by atoms with van der Waals surface area (Å²) in [5.74, 6) is -2.22. The van der Waals surface area contributed by atoms with Crippen molar-refractivity contribution in [1.29, 1.82) is 0 Å². The molecule has 0 aromatic carbocycles. The van der Waals surface area contributed by atoms with Gasteiger partial charge in [-0.25, -0.2) is 8.42 Å². The minimum absolute atomic E-state index is 0.0763. The summed E-state index contributed by atoms with van der Waals surface area (Å²) in [4.78, 5) is 10.8. The molecule has 1 spiro atoms. The summed E-state index contributed by atoms with van der Waals surface area (Å²) in [6.07, 6.45) is 1.24. The molecule has 0 saturated carbocycles. The number of ether oxygens (including phenoxy) is 2. The lowest BCUT2D eigenvalue weighted by Gasteiger charge is -2.38. The van der Waals surface area contributed by atoms with E-state index in [0.29, 0.717) is 32.6 Å². The van der Waals surface area contributed by atoms with Gasteiger partial charge in [0.25, 0.3) is 0 Å². The van der Waals surface area contributed by atoms with Crippen molar-refractivity contribution in [1.82, 2.24) is 4.31 Å². The van der Waals surface area contributed by atoms with Gasteiger partial charge in [0.05, 0.1) is 19.8 Å². The number of rotatable bonds is 3. The maximum absolute atomic E-state index is 12.1. The van der Waals surface area contributed by atoms with Crippen LogP contribution in [0.5, 0.6) is 0 Å². The normalized spacial score (nSPS) is 26.3. The number of hydrogen-bond donors (Lipinski definition) is 1. The maximum Gasteiger partial charge on any atom is 0.323 e. The molecule has 2 aliphatic rings. The van der Waals surface area contributed by atoms with E-state index in [1.807, 2.05) is 0 Å². The van der Waals surface area contributed by atoms with Crippen LogP contribution in [0.2, 0.25) is 0 Å². The zero-order valence-electron chi connectivity index (χ0n) is 10.2. The lowest BCUT2D eigenvalue weighted by atomic mass is 10.1. The van der Waals surface area contributed by atoms with Gasteiger partial charge in [-0.2, -0.15) is 4.31 Å². The first-order chi connectivity index (χ1) is 8.37. The molecule has 2 rings (SSSR count). The first kappa shape index (κ1) is 13.7. The van der Waals surface area contributed by atoms with Crippen LogP contribution in [-0.2, 0) is 24.3 Å². The molecule has 8 heteroatoms. The Hall–Kier alpha value is -0.700. The van der Waals surface area contributed by atoms with Gasteiger partial charge < -0.3 is 14.6 Å². The lowest BCUT2D eigenvalue weighted by molar-refractivity contribution is -0.179. The fraction of sp³-hybridized carbons (Fsp3) is 0.900. The molecule has 1 unspecified atom stereocenters. The van der Waals surface area contributed by atoms with Crippen molar-refractivity contribution >= 4 is 16.0 Å². The van der Waals surface area contributed by atoms with Crippen molar-refractivity contribution in [2.45, 2.75) is 30.8 Å². The van der Waals surface area contributed by atoms with E-state index < -0.39 is 27.0 Å². The zero-order valence-corrected chi connectivity index (χ0v) is 11.0. The van der Waals surface area contributed by atoms with Gasteiger partial charge in [-0.15, -0.1) is 0 Å². The SMILES string of the molecule is CC(C(=O)O)S(=O)(=O)N1CCCC2(C1)OCCO2. The van der Waals surface area contributed by atoms with Crippen molar-refractivity contribution in [3.8, 4) is 0 Å². The average Bonchev–Trinajstić information content (AvgIpc) is 2.76. The second-order valence-corrected chi connectivity index (χ2v) is 6.82. The summed E-state index contributed by atoms with van der Waals surface area (Å²) in [5.41, 5.74) is 0. The number of aliphatic carboxylic acids is 1. The van der Waals surface area contributed by atoms with Gasteiger partial charge >= 0.3 is 5.97 Å². The molecule has 2 saturated heterocycles. The van der Waals surface area contributed by atoms with E-state index in [-0.39, 0.29) is 6.54 Å². The third-order valence-corrected chi connectivity index (χ3v) is 5.48. The molecule has 0 amide bonds. The summed E-state index contributed by atoms with van der Waals surface area (Å²) in [7, 11) is -3.85. The summed E-state index contributed by atoms with van der Waals surface area (Å²) >= 11 is 0. The number of hydrogen-bond acceptors (Lipinski definition) is 5. The van der Waals surface area contributed by atoms with Crippen LogP contribution in [-0.4, -0.2) is 61.1 Å². The van der Waals surface area contributed by atoms with Gasteiger partial charge in [-0.1, -0.05) is 0 Å². The van der Waals surface area contributed by atoms with Crippen LogP contribution >= 0.6 is 0 Å². The molecular formula is C10H17NO6S. The van der Waals surface area contributed by atoms with Crippen LogP contribution in [0.1, 0.15) is 19.8 Å². The Kier molecular flexibility index (Phi) is 3.63. The predicted molar refractivity (Wildman–Crippen MR) is 61.5 cm³/mol. The van der Waals surface area contributed by atoms with E-state index in [1.165, 1.54) is 11.2 Å². The van der Waals surface area contributed by atoms with E-state index in [2.05, 4.69) is 0 Å². The first-order valence-corrected chi connectivity index (χ1v) is 7.37. The number of sulfonamides is 1. The highest BCUT2D eigenvalue weighted by Crippen LogP contribution is 2.31. The number of carboxylic acid groups (broad SMARTS) is 1. The minimum Gasteiger partial charge on any atom is -0.480 e. The third-order valence-electron chi connectivity index (χ3n) is 3.35. The van der Waals surface area contributed by atoms with Crippen molar-refractivity contribution in [2.24, 2.45) is 0 Å². The predicted octanol–water partition coefficient (Wildman–Crippen LogP) is -0.372. The topological polar surface area (TPSA) is 93.1 Å². The quantitative estimate of drug-likeness (QED) is 0.757. The molecule has 2 fully saturated rings. The van der Waals surface area contributed by atoms with Crippen LogP contribution in [0.4, 0.5) is 0 Å². The molecule has 2 aliphatic heterocycles. The molecule has 0 radical (unpaired) electrons. The van der Waals surface area contributed by atoms with E-state index in [1.54, 1.807) is 0 Å². The zero-order chi connectivity index (χ0) is 13.4. The van der Waals surface area contributed by atoms with Crippen LogP contribution in [0.15, 0.2) is 0 Å². The van der Waals surface area contributed by atoms with Crippen LogP contribution in [0, 0.1) is 0 Å². The van der Waals surface area contributed by atoms with E-state index in [9.17, 15) is 13.2 Å². The minimum atomic E-state index is -3.85. The van der Waals surface area contributed by atoms with Crippen LogP contribution in [0.3, 0.4) is 0 Å². The monoisotopic (exact) mass is 279 g/mol. The molecule has 0 aliphatic carbocycles. The second-order valence-electron chi connectivity index (χ2n) is 4.57. The number of nitrogens with zero attached hydrogens (tertiary/aromatic N) is 1. The molecule has 18 heavy (non-hydrogen) atoms. The average molecular weight is 279 g/mol. The molecule has 2 heterocycles. The molecule has 104 valence electrons. The Balaban J connectivity index is 2.16. The molecule has 1 N–H and O–H groups in total. The Bertz CT molecular complexity index is 428. The molecule has 7 nitrogen and oxygen atoms in total. The summed E-state index contributed by atoms with van der Waals surface area (Å²) < 4.78 is 36.3. The number of carbonyl (C=O) groups is 1. The van der Waals surface area contributed by atoms with Crippen molar-refractivity contribution in [2.75, 3.05) is 26.3 Å². The summed E-state index contributed by atoms with van der Waals surface area (Å²) in [6.45, 7) is 2.46. The van der Waals surface area contributed by atoms with Gasteiger partial charge in [0, 0.05) is 13.0 Å². The van der Waals surface area contributed by atoms with Gasteiger partial charge in [0.1, 0.15) is 0 Å². The van der Waals surface area contributed by atoms with Gasteiger partial charge in [0.15, 0.2) is 11.0 Å². The summed E-state index contributed by atoms with van der Waals surface area (Å²) in [5, 5.41) is 7.39. The van der Waals surface area contributed by atoms with E-state index >= 15 is 0 Å². The van der Waals surface area contributed by atoms with E-state index in [4.69, 9.17) is 14.6 Å². The highest BCUT2D eigenvalue weighted by Gasteiger charge is 2.46. The highest BCUT2D eigenvalue weighted by molar-refractivity contribution is 7.90. The Morgan fingerprint density at radius 2 is 2.00 bits per heavy atom. The maximum atomic E-state index is 12.1. The van der Waals surface area contributed by atoms with Gasteiger partial charge in [-0.3, -0.25) is 4.79 Å². The van der Waals surface area contributed by atoms with Gasteiger partial charge in [0.2, 0.25) is 10.0 Å². The second kappa shape index (κ2) is 4.76. The highest BCUT2D eigenvalue weighted by atomic mass is 32.2. The van der Waals surface area contributed by atoms with Crippen LogP contribution < -0.4 is 0 Å². The molecule has 0 aromatic heterocycles. The Morgan fingerprint density at radius 3 is 2.56 bits per heavy atom. The third kappa shape index (κ3) is 2.37. The standard InChI is InChI=1S/C10H17NO6S/c1-8(9(12)13)18(14,15)11-4-2-3-10(7-11)16-5-6-17-10/h8H,2-7H2,1H3,(H,12,13). The fourth-order valence-corrected chi connectivity index (χ4v) is 3.71. The number of piperidine rings is 1. The smallest absolute Gasteiger partial charge is 0.323 e. The van der Waals surface area contributed by atoms with Crippen molar-refractivity contribution in [3.05, 3.63) is 0 Å². The van der Waals surface area contributed by atoms with Gasteiger partial charge in [-0.05, 0) is 13.3 Å². The fourth-order valence-electron chi connectivity index (χ4n) is 2.25. The Morgan fingerprint density at radius 1 is 1.39 bits per heavy atom. The van der Waals surface area contributed by atoms with Crippen molar-refractivity contribution < 1.29 is 27.8 Å². The number of carboxylic acids is 1. The van der Waals surface area contributed by atoms with Crippen molar-refractivity contribution in [3.63, 3.8) is 0 Å². The largest absolute Gasteiger partial charge is 0.480 e. The first-order valence-electron chi connectivity index (χ1n) is 5.87. The van der Waals surface area contributed by atoms with Crippen LogP contribution in [0.25, 0.3) is 0 Å².